The predicted octanol–water partition coefficient (Wildman–Crippen LogP) is 4.82. The van der Waals surface area contributed by atoms with E-state index in [0.717, 1.165) is 18.6 Å². The summed E-state index contributed by atoms with van der Waals surface area (Å²) in [5.74, 6) is -2.21. The Kier molecular flexibility index (Phi) is 6.02. The van der Waals surface area contributed by atoms with E-state index in [1.807, 2.05) is 6.92 Å². The van der Waals surface area contributed by atoms with E-state index in [-0.39, 0.29) is 11.4 Å². The van der Waals surface area contributed by atoms with Gasteiger partial charge in [-0.2, -0.15) is 0 Å². The smallest absolute Gasteiger partial charge is 0.211 e. The molecule has 0 fully saturated rings. The molecule has 1 aromatic carbocycles. The molecular weight excluding hydrogens is 424 g/mol. The third-order valence-electron chi connectivity index (χ3n) is 3.69. The third kappa shape index (κ3) is 4.09. The Bertz CT molecular complexity index is 955. The van der Waals surface area contributed by atoms with Crippen LogP contribution in [0.2, 0.25) is 0 Å². The third-order valence-corrected chi connectivity index (χ3v) is 4.29. The summed E-state index contributed by atoms with van der Waals surface area (Å²) in [5, 5.41) is 2.76. The van der Waals surface area contributed by atoms with E-state index in [9.17, 15) is 13.6 Å². The van der Waals surface area contributed by atoms with Crippen LogP contribution in [0.5, 0.6) is 11.5 Å². The highest BCUT2D eigenvalue weighted by Crippen LogP contribution is 2.37. The predicted molar refractivity (Wildman–Crippen MR) is 99.8 cm³/mol. The summed E-state index contributed by atoms with van der Waals surface area (Å²) in [6, 6.07) is 3.47. The molecular formula is C18H16BrF2N3O3. The Hall–Kier alpha value is -2.52. The van der Waals surface area contributed by atoms with Crippen molar-refractivity contribution in [3.8, 4) is 11.5 Å². The topological polar surface area (TPSA) is 65.4 Å². The Labute approximate surface area is 162 Å². The van der Waals surface area contributed by atoms with Crippen LogP contribution in [-0.2, 0) is 16.3 Å². The Morgan fingerprint density at radius 3 is 2.74 bits per heavy atom. The second-order valence-electron chi connectivity index (χ2n) is 5.63. The fourth-order valence-corrected chi connectivity index (χ4v) is 3.17. The monoisotopic (exact) mass is 439 g/mol. The number of nitrogens with one attached hydrogen (secondary N) is 1. The number of nitrogens with zero attached hydrogens (tertiary/aromatic N) is 2. The molecule has 1 N–H and O–H groups in total. The van der Waals surface area contributed by atoms with Crippen LogP contribution in [0.3, 0.4) is 0 Å². The Morgan fingerprint density at radius 2 is 2.07 bits per heavy atom. The quantitative estimate of drug-likeness (QED) is 0.403. The first-order valence-corrected chi connectivity index (χ1v) is 8.92. The van der Waals surface area contributed by atoms with Crippen molar-refractivity contribution in [1.29, 1.82) is 0 Å². The van der Waals surface area contributed by atoms with Crippen LogP contribution in [0.15, 0.2) is 35.1 Å². The lowest BCUT2D eigenvalue weighted by Gasteiger charge is -2.11. The second kappa shape index (κ2) is 8.45. The second-order valence-corrected chi connectivity index (χ2v) is 6.48. The van der Waals surface area contributed by atoms with Crippen molar-refractivity contribution in [2.45, 2.75) is 20.1 Å². The zero-order valence-electron chi connectivity index (χ0n) is 14.3. The minimum absolute atomic E-state index is 0.00682. The molecule has 142 valence electrons. The zero-order valence-corrected chi connectivity index (χ0v) is 15.9. The van der Waals surface area contributed by atoms with Crippen molar-refractivity contribution in [2.75, 3.05) is 11.9 Å². The molecule has 3 rings (SSSR count). The molecule has 0 unspecified atom stereocenters. The molecule has 0 aliphatic carbocycles. The number of carbonyl (C=O) groups excluding carboxylic acids is 1. The molecule has 0 saturated carbocycles. The number of benzene rings is 1. The van der Waals surface area contributed by atoms with Gasteiger partial charge in [-0.1, -0.05) is 6.92 Å². The first-order chi connectivity index (χ1) is 13.0. The van der Waals surface area contributed by atoms with Gasteiger partial charge in [0.05, 0.1) is 5.39 Å². The number of hydrogen-bond donors (Lipinski definition) is 1. The standard InChI is InChI=1S/C18H16BrF2N3O3/c1-2-5-26-10-24-8-12(19)16-15(3-4-22-18(16)24)27-17-13(20)6-11(23-9-25)7-14(17)21/h3-4,6-9H,2,5,10H2,1H3,(H,23,25). The van der Waals surface area contributed by atoms with Gasteiger partial charge >= 0.3 is 0 Å². The molecule has 3 aromatic rings. The molecule has 2 aromatic heterocycles. The van der Waals surface area contributed by atoms with E-state index < -0.39 is 17.4 Å². The summed E-state index contributed by atoms with van der Waals surface area (Å²) >= 11 is 3.43. The molecule has 0 radical (unpaired) electrons. The van der Waals surface area contributed by atoms with Crippen LogP contribution in [0, 0.1) is 11.6 Å². The van der Waals surface area contributed by atoms with Gasteiger partial charge in [0.2, 0.25) is 6.41 Å². The zero-order chi connectivity index (χ0) is 19.4. The maximum atomic E-state index is 14.3. The summed E-state index contributed by atoms with van der Waals surface area (Å²) in [6.45, 7) is 2.90. The number of pyridine rings is 1. The van der Waals surface area contributed by atoms with Crippen LogP contribution in [0.4, 0.5) is 14.5 Å². The fraction of sp³-hybridized carbons (Fsp3) is 0.222. The van der Waals surface area contributed by atoms with E-state index in [1.165, 1.54) is 12.3 Å². The number of hydrogen-bond acceptors (Lipinski definition) is 4. The van der Waals surface area contributed by atoms with Gasteiger partial charge in [0, 0.05) is 41.3 Å². The number of aromatic nitrogens is 2. The summed E-state index contributed by atoms with van der Waals surface area (Å²) in [4.78, 5) is 14.7. The van der Waals surface area contributed by atoms with Crippen molar-refractivity contribution in [2.24, 2.45) is 0 Å². The molecule has 0 aliphatic rings. The number of carbonyl (C=O) groups is 1. The highest BCUT2D eigenvalue weighted by Gasteiger charge is 2.18. The first kappa shape index (κ1) is 19.2. The largest absolute Gasteiger partial charge is 0.450 e. The average Bonchev–Trinajstić information content (AvgIpc) is 2.96. The van der Waals surface area contributed by atoms with E-state index in [2.05, 4.69) is 26.2 Å². The molecule has 0 saturated heterocycles. The van der Waals surface area contributed by atoms with Crippen LogP contribution >= 0.6 is 15.9 Å². The first-order valence-electron chi connectivity index (χ1n) is 8.13. The number of amides is 1. The summed E-state index contributed by atoms with van der Waals surface area (Å²) in [7, 11) is 0. The number of anilines is 1. The van der Waals surface area contributed by atoms with Gasteiger partial charge in [0.15, 0.2) is 17.4 Å². The minimum atomic E-state index is -0.939. The minimum Gasteiger partial charge on any atom is -0.450 e. The normalized spacial score (nSPS) is 11.0. The van der Waals surface area contributed by atoms with E-state index in [0.29, 0.717) is 35.3 Å². The number of ether oxygens (including phenoxy) is 2. The van der Waals surface area contributed by atoms with Crippen LogP contribution < -0.4 is 10.1 Å². The highest BCUT2D eigenvalue weighted by molar-refractivity contribution is 9.10. The van der Waals surface area contributed by atoms with Crippen molar-refractivity contribution in [3.05, 3.63) is 46.7 Å². The molecule has 1 amide bonds. The van der Waals surface area contributed by atoms with E-state index in [4.69, 9.17) is 9.47 Å². The summed E-state index contributed by atoms with van der Waals surface area (Å²) < 4.78 is 42.0. The molecule has 2 heterocycles. The fourth-order valence-electron chi connectivity index (χ4n) is 2.55. The SMILES string of the molecule is CCCOCn1cc(Br)c2c(Oc3c(F)cc(NC=O)cc3F)ccnc21. The number of halogens is 3. The van der Waals surface area contributed by atoms with Crippen molar-refractivity contribution >= 4 is 39.1 Å². The van der Waals surface area contributed by atoms with Crippen molar-refractivity contribution in [1.82, 2.24) is 9.55 Å². The average molecular weight is 440 g/mol. The Balaban J connectivity index is 1.97. The van der Waals surface area contributed by atoms with Crippen molar-refractivity contribution in [3.63, 3.8) is 0 Å². The number of rotatable bonds is 8. The van der Waals surface area contributed by atoms with Gasteiger partial charge in [-0.25, -0.2) is 13.8 Å². The lowest BCUT2D eigenvalue weighted by molar-refractivity contribution is -0.105. The summed E-state index contributed by atoms with van der Waals surface area (Å²) in [6.07, 6.45) is 4.47. The summed E-state index contributed by atoms with van der Waals surface area (Å²) in [5.41, 5.74) is 0.545. The lowest BCUT2D eigenvalue weighted by atomic mass is 10.2. The number of fused-ring (bicyclic) bond motifs is 1. The molecule has 0 atom stereocenters. The maximum Gasteiger partial charge on any atom is 0.211 e. The van der Waals surface area contributed by atoms with Crippen LogP contribution in [-0.4, -0.2) is 22.6 Å². The molecule has 9 heteroatoms. The van der Waals surface area contributed by atoms with Crippen molar-refractivity contribution < 1.29 is 23.0 Å². The molecule has 6 nitrogen and oxygen atoms in total. The maximum absolute atomic E-state index is 14.3. The van der Waals surface area contributed by atoms with Crippen LogP contribution in [0.25, 0.3) is 11.0 Å². The molecule has 0 aliphatic heterocycles. The molecule has 0 bridgehead atoms. The van der Waals surface area contributed by atoms with Gasteiger partial charge in [-0.15, -0.1) is 0 Å². The van der Waals surface area contributed by atoms with Crippen LogP contribution in [0.1, 0.15) is 13.3 Å². The van der Waals surface area contributed by atoms with Gasteiger partial charge in [-0.05, 0) is 28.4 Å². The van der Waals surface area contributed by atoms with Gasteiger partial charge < -0.3 is 19.4 Å². The van der Waals surface area contributed by atoms with E-state index >= 15 is 0 Å². The van der Waals surface area contributed by atoms with Gasteiger partial charge in [0.1, 0.15) is 18.1 Å². The highest BCUT2D eigenvalue weighted by atomic mass is 79.9. The van der Waals surface area contributed by atoms with E-state index in [1.54, 1.807) is 10.8 Å². The lowest BCUT2D eigenvalue weighted by Crippen LogP contribution is -2.03. The van der Waals surface area contributed by atoms with Gasteiger partial charge in [0.25, 0.3) is 0 Å². The molecule has 0 spiro atoms. The molecule has 27 heavy (non-hydrogen) atoms. The Morgan fingerprint density at radius 1 is 1.33 bits per heavy atom. The van der Waals surface area contributed by atoms with Gasteiger partial charge in [-0.3, -0.25) is 4.79 Å².